The van der Waals surface area contributed by atoms with E-state index in [4.69, 9.17) is 22.1 Å². The van der Waals surface area contributed by atoms with Crippen LogP contribution in [0.3, 0.4) is 0 Å². The van der Waals surface area contributed by atoms with Gasteiger partial charge in [-0.15, -0.1) is 0 Å². The van der Waals surface area contributed by atoms with Crippen molar-refractivity contribution >= 4 is 28.5 Å². The minimum Gasteiger partial charge on any atom is -0.459 e. The van der Waals surface area contributed by atoms with Gasteiger partial charge in [-0.1, -0.05) is 36.4 Å². The van der Waals surface area contributed by atoms with E-state index in [1.807, 2.05) is 6.07 Å². The van der Waals surface area contributed by atoms with Crippen LogP contribution in [-0.4, -0.2) is 16.1 Å². The van der Waals surface area contributed by atoms with Crippen LogP contribution in [0.4, 0.5) is 5.69 Å². The van der Waals surface area contributed by atoms with Crippen LogP contribution in [0.15, 0.2) is 48.5 Å². The van der Waals surface area contributed by atoms with Crippen LogP contribution in [0.2, 0.25) is 0 Å². The summed E-state index contributed by atoms with van der Waals surface area (Å²) in [4.78, 5) is 34.4. The predicted octanol–water partition coefficient (Wildman–Crippen LogP) is 2.89. The molecule has 0 aromatic heterocycles. The maximum atomic E-state index is 12.4. The summed E-state index contributed by atoms with van der Waals surface area (Å²) in [5.74, 6) is -0.862. The first-order chi connectivity index (χ1) is 11.7. The second-order valence-electron chi connectivity index (χ2n) is 5.50. The molecular weight excluding hydrogens is 348 g/mol. The van der Waals surface area contributed by atoms with Gasteiger partial charge in [0, 0.05) is 0 Å². The Labute approximate surface area is 148 Å². The third-order valence-electron chi connectivity index (χ3n) is 3.63. The third kappa shape index (κ3) is 4.01. The number of ether oxygens (including phenoxy) is 1. The van der Waals surface area contributed by atoms with Crippen molar-refractivity contribution in [2.75, 3.05) is 0 Å². The zero-order chi connectivity index (χ0) is 18.6. The van der Waals surface area contributed by atoms with E-state index in [-0.39, 0.29) is 17.7 Å². The number of nitrogens with two attached hydrogens (primary N) is 1. The second-order valence-corrected chi connectivity index (χ2v) is 5.84. The zero-order valence-electron chi connectivity index (χ0n) is 13.3. The van der Waals surface area contributed by atoms with E-state index >= 15 is 0 Å². The Balaban J connectivity index is 2.35. The summed E-state index contributed by atoms with van der Waals surface area (Å²) < 4.78 is 5.18. The summed E-state index contributed by atoms with van der Waals surface area (Å²) in [6, 6.07) is 12.8. The van der Waals surface area contributed by atoms with Crippen molar-refractivity contribution in [2.45, 2.75) is 19.1 Å². The van der Waals surface area contributed by atoms with Crippen molar-refractivity contribution in [3.8, 4) is 0 Å². The summed E-state index contributed by atoms with van der Waals surface area (Å²) in [6.07, 6.45) is 0. The highest BCUT2D eigenvalue weighted by Crippen LogP contribution is 2.33. The summed E-state index contributed by atoms with van der Waals surface area (Å²) in [6.45, 7) is 1.25. The number of carbonyl (C=O) groups is 2. The normalized spacial score (nSPS) is 12.9. The maximum Gasteiger partial charge on any atom is 0.331 e. The number of hydrogen-bond acceptors (Lipinski definition) is 6. The number of nitro benzene ring substituents is 1. The monoisotopic (exact) mass is 362 g/mol. The lowest BCUT2D eigenvalue weighted by Crippen LogP contribution is -2.43. The molecule has 0 aliphatic heterocycles. The second kappa shape index (κ2) is 7.42. The number of nitrogens with zero attached hydrogens (tertiary/aromatic N) is 1. The Morgan fingerprint density at radius 2 is 1.84 bits per heavy atom. The molecule has 0 heterocycles. The molecule has 0 radical (unpaired) electrons. The standard InChI is InChI=1S/C17H15ClN2O5/c1-17(19,16(22)25-10-11-6-3-2-4-7-11)13-9-5-8-12(15(18)21)14(13)20(23)24/h2-9H,10,19H2,1H3. The van der Waals surface area contributed by atoms with Crippen molar-refractivity contribution in [3.05, 3.63) is 75.3 Å². The van der Waals surface area contributed by atoms with Gasteiger partial charge in [-0.05, 0) is 36.2 Å². The van der Waals surface area contributed by atoms with E-state index in [1.165, 1.54) is 25.1 Å². The first-order valence-corrected chi connectivity index (χ1v) is 7.60. The molecule has 0 saturated heterocycles. The van der Waals surface area contributed by atoms with Crippen LogP contribution in [0, 0.1) is 10.1 Å². The van der Waals surface area contributed by atoms with Crippen LogP contribution in [-0.2, 0) is 21.7 Å². The molecule has 25 heavy (non-hydrogen) atoms. The molecule has 1 unspecified atom stereocenters. The lowest BCUT2D eigenvalue weighted by molar-refractivity contribution is -0.386. The highest BCUT2D eigenvalue weighted by molar-refractivity contribution is 6.68. The van der Waals surface area contributed by atoms with Gasteiger partial charge in [0.25, 0.3) is 10.9 Å². The molecule has 8 heteroatoms. The molecule has 0 aliphatic rings. The lowest BCUT2D eigenvalue weighted by atomic mass is 9.90. The van der Waals surface area contributed by atoms with E-state index < -0.39 is 27.4 Å². The van der Waals surface area contributed by atoms with Crippen molar-refractivity contribution in [2.24, 2.45) is 5.73 Å². The smallest absolute Gasteiger partial charge is 0.331 e. The zero-order valence-corrected chi connectivity index (χ0v) is 14.0. The number of halogens is 1. The van der Waals surface area contributed by atoms with Gasteiger partial charge in [0.1, 0.15) is 17.7 Å². The van der Waals surface area contributed by atoms with Gasteiger partial charge in [-0.2, -0.15) is 0 Å². The van der Waals surface area contributed by atoms with E-state index in [9.17, 15) is 19.7 Å². The molecular formula is C17H15ClN2O5. The van der Waals surface area contributed by atoms with Crippen LogP contribution in [0.5, 0.6) is 0 Å². The Morgan fingerprint density at radius 1 is 1.20 bits per heavy atom. The van der Waals surface area contributed by atoms with Gasteiger partial charge in [0.15, 0.2) is 0 Å². The average Bonchev–Trinajstić information content (AvgIpc) is 2.59. The largest absolute Gasteiger partial charge is 0.459 e. The lowest BCUT2D eigenvalue weighted by Gasteiger charge is -2.23. The molecule has 0 spiro atoms. The van der Waals surface area contributed by atoms with Gasteiger partial charge in [-0.25, -0.2) is 4.79 Å². The summed E-state index contributed by atoms with van der Waals surface area (Å²) in [5.41, 5.74) is 3.83. The fraction of sp³-hybridized carbons (Fsp3) is 0.176. The average molecular weight is 363 g/mol. The van der Waals surface area contributed by atoms with E-state index in [0.717, 1.165) is 5.56 Å². The van der Waals surface area contributed by atoms with E-state index in [0.29, 0.717) is 0 Å². The highest BCUT2D eigenvalue weighted by Gasteiger charge is 2.40. The van der Waals surface area contributed by atoms with E-state index in [2.05, 4.69) is 0 Å². The SMILES string of the molecule is CC(N)(C(=O)OCc1ccccc1)c1cccc(C(=O)Cl)c1[N+](=O)[O-]. The number of nitro groups is 1. The molecule has 2 aromatic rings. The van der Waals surface area contributed by atoms with Crippen molar-refractivity contribution in [1.82, 2.24) is 0 Å². The molecule has 0 saturated carbocycles. The van der Waals surface area contributed by atoms with E-state index in [1.54, 1.807) is 24.3 Å². The molecule has 0 bridgehead atoms. The van der Waals surface area contributed by atoms with Gasteiger partial charge in [-0.3, -0.25) is 14.9 Å². The first kappa shape index (κ1) is 18.6. The molecule has 1 atom stereocenters. The van der Waals surface area contributed by atoms with Gasteiger partial charge < -0.3 is 10.5 Å². The number of rotatable bonds is 6. The summed E-state index contributed by atoms with van der Waals surface area (Å²) in [5, 5.41) is 10.4. The fourth-order valence-electron chi connectivity index (χ4n) is 2.30. The number of carbonyl (C=O) groups excluding carboxylic acids is 2. The van der Waals surface area contributed by atoms with Gasteiger partial charge in [0.2, 0.25) is 0 Å². The Hall–Kier alpha value is -2.77. The van der Waals surface area contributed by atoms with Crippen molar-refractivity contribution < 1.29 is 19.2 Å². The predicted molar refractivity (Wildman–Crippen MR) is 91.1 cm³/mol. The summed E-state index contributed by atoms with van der Waals surface area (Å²) >= 11 is 5.39. The molecule has 2 aromatic carbocycles. The minimum atomic E-state index is -1.83. The van der Waals surface area contributed by atoms with Crippen molar-refractivity contribution in [1.29, 1.82) is 0 Å². The van der Waals surface area contributed by atoms with Crippen molar-refractivity contribution in [3.63, 3.8) is 0 Å². The topological polar surface area (TPSA) is 113 Å². The number of esters is 1. The molecule has 130 valence electrons. The van der Waals surface area contributed by atoms with Gasteiger partial charge in [0.05, 0.1) is 10.5 Å². The Bertz CT molecular complexity index is 821. The third-order valence-corrected chi connectivity index (χ3v) is 3.83. The van der Waals surface area contributed by atoms with Gasteiger partial charge >= 0.3 is 5.97 Å². The van der Waals surface area contributed by atoms with Crippen LogP contribution >= 0.6 is 11.6 Å². The summed E-state index contributed by atoms with van der Waals surface area (Å²) in [7, 11) is 0. The van der Waals surface area contributed by atoms with Crippen LogP contribution in [0.25, 0.3) is 0 Å². The fourth-order valence-corrected chi connectivity index (χ4v) is 2.45. The molecule has 0 amide bonds. The number of para-hydroxylation sites is 1. The van der Waals surface area contributed by atoms with Crippen LogP contribution in [0.1, 0.15) is 28.4 Å². The molecule has 2 N–H and O–H groups in total. The Morgan fingerprint density at radius 3 is 2.40 bits per heavy atom. The number of benzene rings is 2. The van der Waals surface area contributed by atoms with Crippen LogP contribution < -0.4 is 5.73 Å². The molecule has 7 nitrogen and oxygen atoms in total. The molecule has 0 fully saturated rings. The molecule has 2 rings (SSSR count). The minimum absolute atomic E-state index is 0.0333. The number of hydrogen-bond donors (Lipinski definition) is 1. The first-order valence-electron chi connectivity index (χ1n) is 7.23. The Kier molecular flexibility index (Phi) is 5.51. The molecule has 0 aliphatic carbocycles. The highest BCUT2D eigenvalue weighted by atomic mass is 35.5. The quantitative estimate of drug-likeness (QED) is 0.366. The maximum absolute atomic E-state index is 12.4.